The summed E-state index contributed by atoms with van der Waals surface area (Å²) in [6.45, 7) is 3.92. The van der Waals surface area contributed by atoms with Gasteiger partial charge in [0.1, 0.15) is 11.9 Å². The van der Waals surface area contributed by atoms with Crippen LogP contribution in [-0.2, 0) is 0 Å². The number of hydrogen-bond acceptors (Lipinski definition) is 6. The zero-order valence-electron chi connectivity index (χ0n) is 14.0. The fourth-order valence-electron chi connectivity index (χ4n) is 2.86. The van der Waals surface area contributed by atoms with Crippen molar-refractivity contribution < 1.29 is 4.74 Å². The molecule has 6 nitrogen and oxygen atoms in total. The lowest BCUT2D eigenvalue weighted by Gasteiger charge is -2.32. The van der Waals surface area contributed by atoms with Crippen LogP contribution < -0.4 is 10.5 Å². The molecule has 2 aromatic heterocycles. The molecule has 0 radical (unpaired) electrons. The van der Waals surface area contributed by atoms with Gasteiger partial charge in [-0.25, -0.2) is 9.98 Å². The van der Waals surface area contributed by atoms with Crippen molar-refractivity contribution in [3.8, 4) is 17.0 Å². The Kier molecular flexibility index (Phi) is 3.46. The molecule has 1 aliphatic rings. The lowest BCUT2D eigenvalue weighted by atomic mass is 9.93. The van der Waals surface area contributed by atoms with E-state index in [4.69, 9.17) is 15.5 Å². The third-order valence-electron chi connectivity index (χ3n) is 4.12. The normalized spacial score (nSPS) is 15.0. The summed E-state index contributed by atoms with van der Waals surface area (Å²) in [5.41, 5.74) is 9.70. The number of benzene rings is 1. The van der Waals surface area contributed by atoms with Gasteiger partial charge in [-0.2, -0.15) is 4.98 Å². The highest BCUT2D eigenvalue weighted by Crippen LogP contribution is 2.38. The molecule has 0 atom stereocenters. The summed E-state index contributed by atoms with van der Waals surface area (Å²) in [7, 11) is 0. The van der Waals surface area contributed by atoms with Crippen LogP contribution in [0.2, 0.25) is 0 Å². The van der Waals surface area contributed by atoms with Crippen LogP contribution in [0.15, 0.2) is 60.1 Å². The molecule has 0 unspecified atom stereocenters. The van der Waals surface area contributed by atoms with Gasteiger partial charge in [-0.05, 0) is 31.0 Å². The Labute approximate surface area is 145 Å². The molecule has 0 fully saturated rings. The first kappa shape index (κ1) is 15.3. The minimum Gasteiger partial charge on any atom is -0.463 e. The molecule has 1 aliphatic heterocycles. The standard InChI is InChI=1S/C19H17N5O/c1-19(2)16(24-15-17(20)22-11-23-18(15)25-19)13-7-5-12(6-8-13)14-4-3-9-21-10-14/h3-11H,1-2H3,(H2,20,22,23). The van der Waals surface area contributed by atoms with E-state index in [9.17, 15) is 0 Å². The van der Waals surface area contributed by atoms with Crippen LogP contribution in [0.4, 0.5) is 11.5 Å². The minimum absolute atomic E-state index is 0.310. The molecule has 2 N–H and O–H groups in total. The van der Waals surface area contributed by atoms with Crippen LogP contribution in [0.3, 0.4) is 0 Å². The molecule has 0 saturated heterocycles. The number of fused-ring (bicyclic) bond motifs is 1. The number of anilines is 1. The summed E-state index contributed by atoms with van der Waals surface area (Å²) in [4.78, 5) is 17.0. The molecule has 124 valence electrons. The van der Waals surface area contributed by atoms with Crippen molar-refractivity contribution in [2.45, 2.75) is 19.4 Å². The van der Waals surface area contributed by atoms with Gasteiger partial charge in [0.05, 0.1) is 5.71 Å². The summed E-state index contributed by atoms with van der Waals surface area (Å²) >= 11 is 0. The number of nitrogens with two attached hydrogens (primary N) is 1. The smallest absolute Gasteiger partial charge is 0.246 e. The Morgan fingerprint density at radius 1 is 0.960 bits per heavy atom. The predicted molar refractivity (Wildman–Crippen MR) is 97.0 cm³/mol. The van der Waals surface area contributed by atoms with E-state index >= 15 is 0 Å². The van der Waals surface area contributed by atoms with E-state index in [1.54, 1.807) is 6.20 Å². The van der Waals surface area contributed by atoms with E-state index in [-0.39, 0.29) is 0 Å². The number of nitrogen functional groups attached to an aromatic ring is 1. The molecule has 0 saturated carbocycles. The monoisotopic (exact) mass is 331 g/mol. The number of ether oxygens (including phenoxy) is 1. The quantitative estimate of drug-likeness (QED) is 0.777. The van der Waals surface area contributed by atoms with E-state index in [1.807, 2.05) is 56.4 Å². The molecular weight excluding hydrogens is 314 g/mol. The van der Waals surface area contributed by atoms with Crippen molar-refractivity contribution in [1.82, 2.24) is 15.0 Å². The topological polar surface area (TPSA) is 86.3 Å². The van der Waals surface area contributed by atoms with E-state index in [0.717, 1.165) is 22.4 Å². The lowest BCUT2D eigenvalue weighted by Crippen LogP contribution is -2.41. The van der Waals surface area contributed by atoms with Crippen LogP contribution in [-0.4, -0.2) is 26.3 Å². The molecule has 0 spiro atoms. The summed E-state index contributed by atoms with van der Waals surface area (Å²) in [6, 6.07) is 12.1. The first-order chi connectivity index (χ1) is 12.0. The molecule has 6 heteroatoms. The zero-order valence-corrected chi connectivity index (χ0v) is 14.0. The molecule has 3 aromatic rings. The average Bonchev–Trinajstić information content (AvgIpc) is 2.62. The van der Waals surface area contributed by atoms with Gasteiger partial charge in [-0.1, -0.05) is 30.3 Å². The van der Waals surface area contributed by atoms with Gasteiger partial charge in [0.2, 0.25) is 5.88 Å². The highest BCUT2D eigenvalue weighted by molar-refractivity contribution is 6.09. The number of hydrogen-bond donors (Lipinski definition) is 1. The van der Waals surface area contributed by atoms with E-state index in [1.165, 1.54) is 6.33 Å². The highest BCUT2D eigenvalue weighted by Gasteiger charge is 2.35. The second kappa shape index (κ2) is 5.66. The first-order valence-corrected chi connectivity index (χ1v) is 7.94. The number of aromatic nitrogens is 3. The Hall–Kier alpha value is -3.28. The van der Waals surface area contributed by atoms with Crippen molar-refractivity contribution in [2.75, 3.05) is 5.73 Å². The second-order valence-electron chi connectivity index (χ2n) is 6.30. The maximum absolute atomic E-state index is 6.01. The van der Waals surface area contributed by atoms with Crippen LogP contribution in [0.1, 0.15) is 19.4 Å². The first-order valence-electron chi connectivity index (χ1n) is 7.94. The van der Waals surface area contributed by atoms with Gasteiger partial charge in [0.25, 0.3) is 0 Å². The minimum atomic E-state index is -0.621. The molecule has 0 amide bonds. The van der Waals surface area contributed by atoms with Crippen molar-refractivity contribution in [3.05, 3.63) is 60.7 Å². The molecule has 0 bridgehead atoms. The molecule has 4 rings (SSSR count). The fraction of sp³-hybridized carbons (Fsp3) is 0.158. The van der Waals surface area contributed by atoms with Crippen LogP contribution in [0.5, 0.6) is 5.88 Å². The van der Waals surface area contributed by atoms with E-state index < -0.39 is 5.60 Å². The summed E-state index contributed by atoms with van der Waals surface area (Å²) < 4.78 is 6.01. The summed E-state index contributed by atoms with van der Waals surface area (Å²) in [5.74, 6) is 0.721. The van der Waals surface area contributed by atoms with Crippen molar-refractivity contribution >= 4 is 17.2 Å². The second-order valence-corrected chi connectivity index (χ2v) is 6.30. The van der Waals surface area contributed by atoms with Gasteiger partial charge in [-0.15, -0.1) is 0 Å². The van der Waals surface area contributed by atoms with Gasteiger partial charge in [0, 0.05) is 18.0 Å². The number of pyridine rings is 1. The number of aliphatic imine (C=N–C) groups is 1. The Morgan fingerprint density at radius 3 is 2.44 bits per heavy atom. The molecule has 1 aromatic carbocycles. The summed E-state index contributed by atoms with van der Waals surface area (Å²) in [6.07, 6.45) is 4.99. The van der Waals surface area contributed by atoms with Gasteiger partial charge >= 0.3 is 0 Å². The molecule has 3 heterocycles. The number of nitrogens with zero attached hydrogens (tertiary/aromatic N) is 4. The van der Waals surface area contributed by atoms with Gasteiger partial charge in [0.15, 0.2) is 11.5 Å². The van der Waals surface area contributed by atoms with Gasteiger partial charge in [-0.3, -0.25) is 4.98 Å². The van der Waals surface area contributed by atoms with E-state index in [0.29, 0.717) is 17.4 Å². The molecular formula is C19H17N5O. The third kappa shape index (κ3) is 2.71. The highest BCUT2D eigenvalue weighted by atomic mass is 16.5. The zero-order chi connectivity index (χ0) is 17.4. The maximum atomic E-state index is 6.01. The lowest BCUT2D eigenvalue weighted by molar-refractivity contribution is 0.171. The van der Waals surface area contributed by atoms with Crippen molar-refractivity contribution in [1.29, 1.82) is 0 Å². The van der Waals surface area contributed by atoms with Crippen molar-refractivity contribution in [2.24, 2.45) is 4.99 Å². The molecule has 25 heavy (non-hydrogen) atoms. The predicted octanol–water partition coefficient (Wildman–Crippen LogP) is 3.41. The SMILES string of the molecule is CC1(C)Oc2ncnc(N)c2N=C1c1ccc(-c2cccnc2)cc1. The molecule has 0 aliphatic carbocycles. The fourth-order valence-corrected chi connectivity index (χ4v) is 2.86. The Bertz CT molecular complexity index is 949. The third-order valence-corrected chi connectivity index (χ3v) is 4.12. The maximum Gasteiger partial charge on any atom is 0.246 e. The van der Waals surface area contributed by atoms with Crippen LogP contribution in [0, 0.1) is 0 Å². The largest absolute Gasteiger partial charge is 0.463 e. The van der Waals surface area contributed by atoms with E-state index in [2.05, 4.69) is 15.0 Å². The number of rotatable bonds is 2. The Balaban J connectivity index is 1.77. The van der Waals surface area contributed by atoms with Gasteiger partial charge < -0.3 is 10.5 Å². The van der Waals surface area contributed by atoms with Crippen molar-refractivity contribution in [3.63, 3.8) is 0 Å². The Morgan fingerprint density at radius 2 is 1.72 bits per heavy atom. The summed E-state index contributed by atoms with van der Waals surface area (Å²) in [5, 5.41) is 0. The van der Waals surface area contributed by atoms with Crippen LogP contribution >= 0.6 is 0 Å². The average molecular weight is 331 g/mol. The van der Waals surface area contributed by atoms with Crippen LogP contribution in [0.25, 0.3) is 11.1 Å².